The van der Waals surface area contributed by atoms with Gasteiger partial charge in [0.05, 0.1) is 17.9 Å². The van der Waals surface area contributed by atoms with Crippen LogP contribution < -0.4 is 5.32 Å². The van der Waals surface area contributed by atoms with Gasteiger partial charge in [-0.15, -0.1) is 0 Å². The molecule has 0 heterocycles. The van der Waals surface area contributed by atoms with E-state index in [4.69, 9.17) is 9.47 Å². The van der Waals surface area contributed by atoms with Crippen LogP contribution >= 0.6 is 0 Å². The quantitative estimate of drug-likeness (QED) is 0.628. The SMILES string of the molecule is COCc1ccc(C(=O)O[C@@H](C)C(=O)Nc2ccc(F)c(F)c2F)cc1. The normalized spacial score (nSPS) is 11.7. The van der Waals surface area contributed by atoms with Crippen LogP contribution in [0.1, 0.15) is 22.8 Å². The molecule has 0 aromatic heterocycles. The Kier molecular flexibility index (Phi) is 6.35. The van der Waals surface area contributed by atoms with E-state index in [1.165, 1.54) is 26.2 Å². The zero-order chi connectivity index (χ0) is 19.3. The van der Waals surface area contributed by atoms with Crippen molar-refractivity contribution in [2.24, 2.45) is 0 Å². The number of anilines is 1. The Labute approximate surface area is 147 Å². The van der Waals surface area contributed by atoms with Crippen molar-refractivity contribution in [1.29, 1.82) is 0 Å². The third-order valence-corrected chi connectivity index (χ3v) is 3.45. The minimum Gasteiger partial charge on any atom is -0.449 e. The predicted octanol–water partition coefficient (Wildman–Crippen LogP) is 3.43. The van der Waals surface area contributed by atoms with Crippen molar-refractivity contribution in [3.8, 4) is 0 Å². The highest BCUT2D eigenvalue weighted by Crippen LogP contribution is 2.20. The third-order valence-electron chi connectivity index (χ3n) is 3.45. The van der Waals surface area contributed by atoms with Crippen molar-refractivity contribution in [3.05, 3.63) is 65.0 Å². The molecule has 0 aliphatic heterocycles. The molecule has 0 aliphatic carbocycles. The molecule has 0 saturated heterocycles. The highest BCUT2D eigenvalue weighted by molar-refractivity contribution is 5.97. The van der Waals surface area contributed by atoms with Crippen molar-refractivity contribution >= 4 is 17.6 Å². The Morgan fingerprint density at radius 2 is 1.69 bits per heavy atom. The lowest BCUT2D eigenvalue weighted by Crippen LogP contribution is -2.30. The molecule has 0 radical (unpaired) electrons. The lowest BCUT2D eigenvalue weighted by Gasteiger charge is -2.14. The van der Waals surface area contributed by atoms with Crippen molar-refractivity contribution < 1.29 is 32.2 Å². The minimum absolute atomic E-state index is 0.212. The predicted molar refractivity (Wildman–Crippen MR) is 87.0 cm³/mol. The molecule has 2 aromatic rings. The number of amides is 1. The Hall–Kier alpha value is -2.87. The molecular weight excluding hydrogens is 351 g/mol. The Bertz CT molecular complexity index is 809. The monoisotopic (exact) mass is 367 g/mol. The average molecular weight is 367 g/mol. The second-order valence-corrected chi connectivity index (χ2v) is 5.39. The number of carbonyl (C=O) groups is 2. The van der Waals surface area contributed by atoms with Gasteiger partial charge < -0.3 is 14.8 Å². The van der Waals surface area contributed by atoms with Gasteiger partial charge in [0.2, 0.25) is 0 Å². The van der Waals surface area contributed by atoms with Gasteiger partial charge in [0, 0.05) is 7.11 Å². The molecule has 1 amide bonds. The van der Waals surface area contributed by atoms with E-state index in [9.17, 15) is 22.8 Å². The zero-order valence-electron chi connectivity index (χ0n) is 14.0. The maximum absolute atomic E-state index is 13.6. The smallest absolute Gasteiger partial charge is 0.338 e. The summed E-state index contributed by atoms with van der Waals surface area (Å²) in [4.78, 5) is 24.0. The molecule has 26 heavy (non-hydrogen) atoms. The molecule has 1 atom stereocenters. The summed E-state index contributed by atoms with van der Waals surface area (Å²) in [5, 5.41) is 2.05. The first-order valence-corrected chi connectivity index (χ1v) is 7.56. The number of nitrogens with one attached hydrogen (secondary N) is 1. The van der Waals surface area contributed by atoms with Crippen LogP contribution in [0.4, 0.5) is 18.9 Å². The van der Waals surface area contributed by atoms with Crippen LogP contribution in [0.5, 0.6) is 0 Å². The van der Waals surface area contributed by atoms with Gasteiger partial charge in [0.15, 0.2) is 23.6 Å². The van der Waals surface area contributed by atoms with Gasteiger partial charge in [-0.3, -0.25) is 4.79 Å². The van der Waals surface area contributed by atoms with E-state index in [1.54, 1.807) is 12.1 Å². The Morgan fingerprint density at radius 1 is 1.04 bits per heavy atom. The summed E-state index contributed by atoms with van der Waals surface area (Å²) < 4.78 is 49.6. The molecule has 0 fully saturated rings. The second kappa shape index (κ2) is 8.48. The van der Waals surface area contributed by atoms with E-state index in [2.05, 4.69) is 0 Å². The van der Waals surface area contributed by atoms with E-state index < -0.39 is 41.1 Å². The number of hydrogen-bond donors (Lipinski definition) is 1. The summed E-state index contributed by atoms with van der Waals surface area (Å²) in [6.07, 6.45) is -1.28. The molecule has 0 saturated carbocycles. The largest absolute Gasteiger partial charge is 0.449 e. The van der Waals surface area contributed by atoms with Gasteiger partial charge in [-0.05, 0) is 36.8 Å². The highest BCUT2D eigenvalue weighted by atomic mass is 19.2. The molecule has 1 N–H and O–H groups in total. The number of rotatable bonds is 6. The molecule has 138 valence electrons. The zero-order valence-corrected chi connectivity index (χ0v) is 14.0. The fraction of sp³-hybridized carbons (Fsp3) is 0.222. The number of ether oxygens (including phenoxy) is 2. The first kappa shape index (κ1) is 19.5. The molecule has 2 aromatic carbocycles. The Balaban J connectivity index is 2.00. The molecule has 2 rings (SSSR count). The second-order valence-electron chi connectivity index (χ2n) is 5.39. The number of benzene rings is 2. The molecule has 0 spiro atoms. The number of hydrogen-bond acceptors (Lipinski definition) is 4. The van der Waals surface area contributed by atoms with Crippen LogP contribution in [-0.2, 0) is 20.9 Å². The van der Waals surface area contributed by atoms with Crippen molar-refractivity contribution in [3.63, 3.8) is 0 Å². The van der Waals surface area contributed by atoms with Crippen molar-refractivity contribution in [1.82, 2.24) is 0 Å². The van der Waals surface area contributed by atoms with Gasteiger partial charge in [0.25, 0.3) is 5.91 Å². The fourth-order valence-corrected chi connectivity index (χ4v) is 2.04. The molecular formula is C18H16F3NO4. The summed E-state index contributed by atoms with van der Waals surface area (Å²) in [5.41, 5.74) is 0.507. The summed E-state index contributed by atoms with van der Waals surface area (Å²) in [6.45, 7) is 1.65. The van der Waals surface area contributed by atoms with Gasteiger partial charge >= 0.3 is 5.97 Å². The molecule has 8 heteroatoms. The van der Waals surface area contributed by atoms with Crippen molar-refractivity contribution in [2.45, 2.75) is 19.6 Å². The molecule has 5 nitrogen and oxygen atoms in total. The number of carbonyl (C=O) groups excluding carboxylic acids is 2. The summed E-state index contributed by atoms with van der Waals surface area (Å²) >= 11 is 0. The first-order chi connectivity index (χ1) is 12.3. The van der Waals surface area contributed by atoms with Gasteiger partial charge in [-0.25, -0.2) is 18.0 Å². The third kappa shape index (κ3) is 4.60. The summed E-state index contributed by atoms with van der Waals surface area (Å²) in [5.74, 6) is -6.27. The van der Waals surface area contributed by atoms with Crippen LogP contribution in [-0.4, -0.2) is 25.1 Å². The number of methoxy groups -OCH3 is 1. The van der Waals surface area contributed by atoms with E-state index >= 15 is 0 Å². The average Bonchev–Trinajstić information content (AvgIpc) is 2.63. The Morgan fingerprint density at radius 3 is 2.31 bits per heavy atom. The summed E-state index contributed by atoms with van der Waals surface area (Å²) in [6, 6.07) is 7.90. The van der Waals surface area contributed by atoms with E-state index in [-0.39, 0.29) is 5.56 Å². The molecule has 0 aliphatic rings. The highest BCUT2D eigenvalue weighted by Gasteiger charge is 2.22. The van der Waals surface area contributed by atoms with Crippen LogP contribution in [0.2, 0.25) is 0 Å². The maximum Gasteiger partial charge on any atom is 0.338 e. The number of halogens is 3. The van der Waals surface area contributed by atoms with Crippen LogP contribution in [0.15, 0.2) is 36.4 Å². The number of esters is 1. The van der Waals surface area contributed by atoms with E-state index in [1.807, 2.05) is 5.32 Å². The molecule has 0 unspecified atom stereocenters. The van der Waals surface area contributed by atoms with Crippen LogP contribution in [0, 0.1) is 17.5 Å². The lowest BCUT2D eigenvalue weighted by molar-refractivity contribution is -0.123. The van der Waals surface area contributed by atoms with E-state index in [0.29, 0.717) is 12.7 Å². The van der Waals surface area contributed by atoms with Gasteiger partial charge in [0.1, 0.15) is 0 Å². The summed E-state index contributed by atoms with van der Waals surface area (Å²) in [7, 11) is 1.54. The fourth-order valence-electron chi connectivity index (χ4n) is 2.04. The van der Waals surface area contributed by atoms with Crippen LogP contribution in [0.25, 0.3) is 0 Å². The molecule has 0 bridgehead atoms. The van der Waals surface area contributed by atoms with Gasteiger partial charge in [-0.2, -0.15) is 0 Å². The lowest BCUT2D eigenvalue weighted by atomic mass is 10.1. The van der Waals surface area contributed by atoms with Crippen LogP contribution in [0.3, 0.4) is 0 Å². The first-order valence-electron chi connectivity index (χ1n) is 7.56. The van der Waals surface area contributed by atoms with E-state index in [0.717, 1.165) is 11.6 Å². The topological polar surface area (TPSA) is 64.6 Å². The van der Waals surface area contributed by atoms with Gasteiger partial charge in [-0.1, -0.05) is 12.1 Å². The maximum atomic E-state index is 13.6. The minimum atomic E-state index is -1.71. The standard InChI is InChI=1S/C18H16F3NO4/c1-10(17(23)22-14-8-7-13(19)15(20)16(14)21)26-18(24)12-5-3-11(4-6-12)9-25-2/h3-8,10H,9H2,1-2H3,(H,22,23)/t10-/m0/s1. The van der Waals surface area contributed by atoms with Crippen molar-refractivity contribution in [2.75, 3.05) is 12.4 Å².